The molecule has 1 amide bonds. The summed E-state index contributed by atoms with van der Waals surface area (Å²) < 4.78 is 10.5. The maximum absolute atomic E-state index is 11.7. The minimum Gasteiger partial charge on any atom is -0.493 e. The van der Waals surface area contributed by atoms with E-state index in [9.17, 15) is 9.59 Å². The number of hydrogen-bond donors (Lipinski definition) is 1. The Bertz CT molecular complexity index is 698. The van der Waals surface area contributed by atoms with Gasteiger partial charge in [0.1, 0.15) is 5.75 Å². The van der Waals surface area contributed by atoms with Crippen molar-refractivity contribution in [2.75, 3.05) is 18.5 Å². The van der Waals surface area contributed by atoms with Crippen LogP contribution in [0.15, 0.2) is 48.5 Å². The van der Waals surface area contributed by atoms with Crippen LogP contribution in [-0.2, 0) is 14.3 Å². The molecule has 0 atom stereocenters. The fourth-order valence-corrected chi connectivity index (χ4v) is 2.04. The third-order valence-electron chi connectivity index (χ3n) is 3.33. The van der Waals surface area contributed by atoms with Crippen LogP contribution < -0.4 is 10.1 Å². The SMILES string of the molecule is Cc1ccc(C)c(OCCC(=O)OCC(=O)Nc2ccccc2)c1. The van der Waals surface area contributed by atoms with Gasteiger partial charge in [0.05, 0.1) is 13.0 Å². The number of anilines is 1. The standard InChI is InChI=1S/C19H21NO4/c1-14-8-9-15(2)17(12-14)23-11-10-19(22)24-13-18(21)20-16-6-4-3-5-7-16/h3-9,12H,10-11,13H2,1-2H3,(H,20,21). The van der Waals surface area contributed by atoms with E-state index in [1.165, 1.54) is 0 Å². The number of rotatable bonds is 7. The van der Waals surface area contributed by atoms with E-state index in [1.54, 1.807) is 12.1 Å². The molecule has 0 saturated carbocycles. The highest BCUT2D eigenvalue weighted by atomic mass is 16.5. The van der Waals surface area contributed by atoms with Gasteiger partial charge in [0.2, 0.25) is 0 Å². The molecule has 2 aromatic carbocycles. The average Bonchev–Trinajstić information content (AvgIpc) is 2.57. The van der Waals surface area contributed by atoms with Gasteiger partial charge < -0.3 is 14.8 Å². The lowest BCUT2D eigenvalue weighted by Crippen LogP contribution is -2.21. The number of esters is 1. The zero-order valence-corrected chi connectivity index (χ0v) is 13.9. The number of nitrogens with one attached hydrogen (secondary N) is 1. The van der Waals surface area contributed by atoms with E-state index in [0.29, 0.717) is 5.69 Å². The molecule has 5 heteroatoms. The maximum atomic E-state index is 11.7. The Kier molecular flexibility index (Phi) is 6.37. The van der Waals surface area contributed by atoms with Gasteiger partial charge in [-0.2, -0.15) is 0 Å². The van der Waals surface area contributed by atoms with Crippen LogP contribution in [0.2, 0.25) is 0 Å². The lowest BCUT2D eigenvalue weighted by Gasteiger charge is -2.10. The van der Waals surface area contributed by atoms with E-state index in [1.807, 2.05) is 50.2 Å². The summed E-state index contributed by atoms with van der Waals surface area (Å²) in [5.41, 5.74) is 2.77. The molecule has 0 bridgehead atoms. The second-order valence-electron chi connectivity index (χ2n) is 5.44. The van der Waals surface area contributed by atoms with Gasteiger partial charge in [0.15, 0.2) is 6.61 Å². The van der Waals surface area contributed by atoms with Gasteiger partial charge in [-0.25, -0.2) is 0 Å². The van der Waals surface area contributed by atoms with Crippen LogP contribution in [0.3, 0.4) is 0 Å². The first kappa shape index (κ1) is 17.5. The van der Waals surface area contributed by atoms with Crippen molar-refractivity contribution in [2.45, 2.75) is 20.3 Å². The molecule has 0 aliphatic carbocycles. The molecule has 1 N–H and O–H groups in total. The molecule has 24 heavy (non-hydrogen) atoms. The maximum Gasteiger partial charge on any atom is 0.309 e. The summed E-state index contributed by atoms with van der Waals surface area (Å²) >= 11 is 0. The number of benzene rings is 2. The van der Waals surface area contributed by atoms with E-state index in [4.69, 9.17) is 9.47 Å². The van der Waals surface area contributed by atoms with Crippen LogP contribution in [-0.4, -0.2) is 25.1 Å². The number of ether oxygens (including phenoxy) is 2. The van der Waals surface area contributed by atoms with Crippen molar-refractivity contribution in [3.8, 4) is 5.75 Å². The van der Waals surface area contributed by atoms with Crippen LogP contribution in [0.4, 0.5) is 5.69 Å². The molecule has 0 aromatic heterocycles. The van der Waals surface area contributed by atoms with Crippen LogP contribution in [0, 0.1) is 13.8 Å². The predicted molar refractivity (Wildman–Crippen MR) is 92.1 cm³/mol. The largest absolute Gasteiger partial charge is 0.493 e. The monoisotopic (exact) mass is 327 g/mol. The number of amides is 1. The smallest absolute Gasteiger partial charge is 0.309 e. The van der Waals surface area contributed by atoms with Crippen molar-refractivity contribution in [1.82, 2.24) is 0 Å². The van der Waals surface area contributed by atoms with Crippen molar-refractivity contribution < 1.29 is 19.1 Å². The first-order chi connectivity index (χ1) is 11.5. The van der Waals surface area contributed by atoms with Crippen LogP contribution in [0.5, 0.6) is 5.75 Å². The molecule has 0 heterocycles. The Hall–Kier alpha value is -2.82. The summed E-state index contributed by atoms with van der Waals surface area (Å²) in [5, 5.41) is 2.65. The normalized spacial score (nSPS) is 10.1. The Morgan fingerprint density at radius 3 is 2.54 bits per heavy atom. The Morgan fingerprint density at radius 1 is 1.04 bits per heavy atom. The van der Waals surface area contributed by atoms with E-state index in [-0.39, 0.29) is 25.5 Å². The molecule has 0 spiro atoms. The molecule has 0 saturated heterocycles. The summed E-state index contributed by atoms with van der Waals surface area (Å²) in [5.74, 6) is -0.0851. The number of para-hydroxylation sites is 1. The molecular formula is C19H21NO4. The quantitative estimate of drug-likeness (QED) is 0.793. The Labute approximate surface area is 141 Å². The number of carbonyl (C=O) groups excluding carboxylic acids is 2. The molecule has 5 nitrogen and oxygen atoms in total. The third-order valence-corrected chi connectivity index (χ3v) is 3.33. The molecule has 0 unspecified atom stereocenters. The predicted octanol–water partition coefficient (Wildman–Crippen LogP) is 3.25. The molecule has 2 aromatic rings. The van der Waals surface area contributed by atoms with Crippen LogP contribution >= 0.6 is 0 Å². The van der Waals surface area contributed by atoms with Crippen LogP contribution in [0.25, 0.3) is 0 Å². The second kappa shape index (κ2) is 8.72. The highest BCUT2D eigenvalue weighted by Crippen LogP contribution is 2.19. The van der Waals surface area contributed by atoms with E-state index in [0.717, 1.165) is 16.9 Å². The van der Waals surface area contributed by atoms with E-state index >= 15 is 0 Å². The van der Waals surface area contributed by atoms with Gasteiger partial charge in [-0.1, -0.05) is 30.3 Å². The fourth-order valence-electron chi connectivity index (χ4n) is 2.04. The summed E-state index contributed by atoms with van der Waals surface area (Å²) in [7, 11) is 0. The molecule has 0 aliphatic heterocycles. The lowest BCUT2D eigenvalue weighted by atomic mass is 10.1. The van der Waals surface area contributed by atoms with E-state index < -0.39 is 5.97 Å². The van der Waals surface area contributed by atoms with Crippen molar-refractivity contribution in [3.63, 3.8) is 0 Å². The Balaban J connectivity index is 1.68. The molecule has 0 radical (unpaired) electrons. The first-order valence-corrected chi connectivity index (χ1v) is 7.75. The number of carbonyl (C=O) groups is 2. The molecule has 126 valence electrons. The van der Waals surface area contributed by atoms with Crippen molar-refractivity contribution in [2.24, 2.45) is 0 Å². The van der Waals surface area contributed by atoms with Crippen molar-refractivity contribution >= 4 is 17.6 Å². The van der Waals surface area contributed by atoms with Gasteiger partial charge in [0.25, 0.3) is 5.91 Å². The zero-order chi connectivity index (χ0) is 17.4. The second-order valence-corrected chi connectivity index (χ2v) is 5.44. The molecule has 2 rings (SSSR count). The Morgan fingerprint density at radius 2 is 1.79 bits per heavy atom. The highest BCUT2D eigenvalue weighted by Gasteiger charge is 2.09. The van der Waals surface area contributed by atoms with Gasteiger partial charge in [-0.3, -0.25) is 9.59 Å². The fraction of sp³-hybridized carbons (Fsp3) is 0.263. The summed E-state index contributed by atoms with van der Waals surface area (Å²) in [6.07, 6.45) is 0.0893. The van der Waals surface area contributed by atoms with Crippen molar-refractivity contribution in [3.05, 3.63) is 59.7 Å². The highest BCUT2D eigenvalue weighted by molar-refractivity contribution is 5.92. The third kappa shape index (κ3) is 5.76. The number of aryl methyl sites for hydroxylation is 2. The topological polar surface area (TPSA) is 64.6 Å². The summed E-state index contributed by atoms with van der Waals surface area (Å²) in [6.45, 7) is 3.83. The van der Waals surface area contributed by atoms with Gasteiger partial charge >= 0.3 is 5.97 Å². The molecular weight excluding hydrogens is 306 g/mol. The minimum atomic E-state index is -0.469. The minimum absolute atomic E-state index is 0.0893. The van der Waals surface area contributed by atoms with Crippen LogP contribution in [0.1, 0.15) is 17.5 Å². The lowest BCUT2D eigenvalue weighted by molar-refractivity contribution is -0.147. The van der Waals surface area contributed by atoms with E-state index in [2.05, 4.69) is 5.32 Å². The summed E-state index contributed by atoms with van der Waals surface area (Å²) in [4.78, 5) is 23.3. The van der Waals surface area contributed by atoms with Gasteiger partial charge in [-0.05, 0) is 43.2 Å². The molecule has 0 aliphatic rings. The summed E-state index contributed by atoms with van der Waals surface area (Å²) in [6, 6.07) is 14.9. The average molecular weight is 327 g/mol. The zero-order valence-electron chi connectivity index (χ0n) is 13.9. The van der Waals surface area contributed by atoms with Gasteiger partial charge in [0, 0.05) is 5.69 Å². The molecule has 0 fully saturated rings. The first-order valence-electron chi connectivity index (χ1n) is 7.75. The number of hydrogen-bond acceptors (Lipinski definition) is 4. The van der Waals surface area contributed by atoms with Crippen molar-refractivity contribution in [1.29, 1.82) is 0 Å². The van der Waals surface area contributed by atoms with Gasteiger partial charge in [-0.15, -0.1) is 0 Å².